The number of nitrogen functional groups attached to an aromatic ring is 1. The Hall–Kier alpha value is -1.07. The highest BCUT2D eigenvalue weighted by molar-refractivity contribution is 9.10. The van der Waals surface area contributed by atoms with Gasteiger partial charge in [0.25, 0.3) is 5.91 Å². The lowest BCUT2D eigenvalue weighted by Gasteiger charge is -2.22. The smallest absolute Gasteiger partial charge is 0.253 e. The maximum atomic E-state index is 12.0. The summed E-state index contributed by atoms with van der Waals surface area (Å²) in [6.07, 6.45) is 2.18. The number of nitrogens with one attached hydrogen (secondary N) is 1. The molecule has 0 saturated carbocycles. The number of anilines is 1. The highest BCUT2D eigenvalue weighted by atomic mass is 79.9. The standard InChI is InChI=1S/C13H17BrN2O2/c14-10-3-4-11(12(15)6-10)13(17)16-7-9-2-1-5-18-8-9/h3-4,6,9H,1-2,5,7-8,15H2,(H,16,17). The van der Waals surface area contributed by atoms with E-state index in [2.05, 4.69) is 21.2 Å². The average Bonchev–Trinajstić information content (AvgIpc) is 2.37. The number of nitrogens with two attached hydrogens (primary N) is 1. The van der Waals surface area contributed by atoms with Gasteiger partial charge in [-0.2, -0.15) is 0 Å². The van der Waals surface area contributed by atoms with Gasteiger partial charge in [-0.05, 0) is 37.0 Å². The fourth-order valence-corrected chi connectivity index (χ4v) is 2.42. The molecule has 1 aromatic rings. The van der Waals surface area contributed by atoms with Gasteiger partial charge in [-0.25, -0.2) is 0 Å². The third kappa shape index (κ3) is 3.46. The van der Waals surface area contributed by atoms with E-state index in [1.807, 2.05) is 6.07 Å². The van der Waals surface area contributed by atoms with Gasteiger partial charge < -0.3 is 15.8 Å². The summed E-state index contributed by atoms with van der Waals surface area (Å²) in [7, 11) is 0. The highest BCUT2D eigenvalue weighted by Gasteiger charge is 2.16. The first-order valence-electron chi connectivity index (χ1n) is 6.08. The molecule has 98 valence electrons. The Morgan fingerprint density at radius 3 is 3.06 bits per heavy atom. The van der Waals surface area contributed by atoms with Gasteiger partial charge in [0, 0.05) is 23.3 Å². The van der Waals surface area contributed by atoms with Crippen LogP contribution in [0.1, 0.15) is 23.2 Å². The van der Waals surface area contributed by atoms with Crippen molar-refractivity contribution in [3.05, 3.63) is 28.2 Å². The number of hydrogen-bond donors (Lipinski definition) is 2. The van der Waals surface area contributed by atoms with Crippen LogP contribution in [-0.2, 0) is 4.74 Å². The molecule has 0 aliphatic carbocycles. The summed E-state index contributed by atoms with van der Waals surface area (Å²) in [5.41, 5.74) is 6.83. The predicted octanol–water partition coefficient (Wildman–Crippen LogP) is 2.19. The largest absolute Gasteiger partial charge is 0.398 e. The van der Waals surface area contributed by atoms with Gasteiger partial charge in [0.2, 0.25) is 0 Å². The lowest BCUT2D eigenvalue weighted by atomic mass is 10.0. The van der Waals surface area contributed by atoms with Crippen LogP contribution in [0.25, 0.3) is 0 Å². The molecule has 1 saturated heterocycles. The van der Waals surface area contributed by atoms with Crippen LogP contribution in [0.5, 0.6) is 0 Å². The van der Waals surface area contributed by atoms with Crippen LogP contribution >= 0.6 is 15.9 Å². The van der Waals surface area contributed by atoms with Crippen LogP contribution in [0.2, 0.25) is 0 Å². The Bertz CT molecular complexity index is 431. The summed E-state index contributed by atoms with van der Waals surface area (Å²) in [4.78, 5) is 12.0. The lowest BCUT2D eigenvalue weighted by molar-refractivity contribution is 0.0536. The minimum absolute atomic E-state index is 0.120. The Morgan fingerprint density at radius 1 is 1.56 bits per heavy atom. The fourth-order valence-electron chi connectivity index (χ4n) is 2.04. The predicted molar refractivity (Wildman–Crippen MR) is 74.4 cm³/mol. The molecule has 5 heteroatoms. The van der Waals surface area contributed by atoms with Crippen LogP contribution in [0.4, 0.5) is 5.69 Å². The molecule has 1 aromatic carbocycles. The minimum atomic E-state index is -0.120. The molecular weight excluding hydrogens is 296 g/mol. The maximum absolute atomic E-state index is 12.0. The third-order valence-electron chi connectivity index (χ3n) is 3.06. The molecule has 2 rings (SSSR count). The fraction of sp³-hybridized carbons (Fsp3) is 0.462. The van der Waals surface area contributed by atoms with E-state index in [4.69, 9.17) is 10.5 Å². The summed E-state index contributed by atoms with van der Waals surface area (Å²) in [6.45, 7) is 2.22. The summed E-state index contributed by atoms with van der Waals surface area (Å²) < 4.78 is 6.25. The molecule has 1 heterocycles. The zero-order chi connectivity index (χ0) is 13.0. The number of rotatable bonds is 3. The number of halogens is 1. The van der Waals surface area contributed by atoms with E-state index >= 15 is 0 Å². The van der Waals surface area contributed by atoms with E-state index in [9.17, 15) is 4.79 Å². The van der Waals surface area contributed by atoms with Gasteiger partial charge in [-0.1, -0.05) is 15.9 Å². The number of carbonyl (C=O) groups is 1. The summed E-state index contributed by atoms with van der Waals surface area (Å²) >= 11 is 3.32. The van der Waals surface area contributed by atoms with Gasteiger partial charge in [0.05, 0.1) is 12.2 Å². The van der Waals surface area contributed by atoms with Crippen molar-refractivity contribution in [1.29, 1.82) is 0 Å². The van der Waals surface area contributed by atoms with Crippen molar-refractivity contribution in [3.8, 4) is 0 Å². The molecule has 1 aliphatic heterocycles. The molecule has 0 spiro atoms. The second-order valence-corrected chi connectivity index (χ2v) is 5.44. The second kappa shape index (κ2) is 6.20. The third-order valence-corrected chi connectivity index (χ3v) is 3.56. The topological polar surface area (TPSA) is 64.4 Å². The Morgan fingerprint density at radius 2 is 2.39 bits per heavy atom. The number of hydrogen-bond acceptors (Lipinski definition) is 3. The van der Waals surface area contributed by atoms with Crippen molar-refractivity contribution in [2.45, 2.75) is 12.8 Å². The van der Waals surface area contributed by atoms with Crippen molar-refractivity contribution in [3.63, 3.8) is 0 Å². The Labute approximate surface area is 115 Å². The van der Waals surface area contributed by atoms with Crippen molar-refractivity contribution in [1.82, 2.24) is 5.32 Å². The number of amides is 1. The first-order valence-corrected chi connectivity index (χ1v) is 6.87. The van der Waals surface area contributed by atoms with E-state index < -0.39 is 0 Å². The number of ether oxygens (including phenoxy) is 1. The molecule has 3 N–H and O–H groups in total. The number of benzene rings is 1. The van der Waals surface area contributed by atoms with Gasteiger partial charge in [-0.3, -0.25) is 4.79 Å². The molecule has 1 amide bonds. The van der Waals surface area contributed by atoms with E-state index in [0.29, 0.717) is 23.7 Å². The molecule has 1 atom stereocenters. The minimum Gasteiger partial charge on any atom is -0.398 e. The van der Waals surface area contributed by atoms with Crippen LogP contribution in [0.3, 0.4) is 0 Å². The van der Waals surface area contributed by atoms with Crippen molar-refractivity contribution >= 4 is 27.5 Å². The monoisotopic (exact) mass is 312 g/mol. The molecule has 18 heavy (non-hydrogen) atoms. The highest BCUT2D eigenvalue weighted by Crippen LogP contribution is 2.19. The molecule has 0 radical (unpaired) electrons. The molecular formula is C13H17BrN2O2. The van der Waals surface area contributed by atoms with Crippen LogP contribution in [0, 0.1) is 5.92 Å². The molecule has 4 nitrogen and oxygen atoms in total. The van der Waals surface area contributed by atoms with Crippen molar-refractivity contribution < 1.29 is 9.53 Å². The van der Waals surface area contributed by atoms with Gasteiger partial charge in [0.1, 0.15) is 0 Å². The lowest BCUT2D eigenvalue weighted by Crippen LogP contribution is -2.33. The normalized spacial score (nSPS) is 19.5. The summed E-state index contributed by atoms with van der Waals surface area (Å²) in [6, 6.07) is 5.28. The summed E-state index contributed by atoms with van der Waals surface area (Å²) in [5, 5.41) is 2.91. The average molecular weight is 313 g/mol. The van der Waals surface area contributed by atoms with Gasteiger partial charge in [0.15, 0.2) is 0 Å². The first kappa shape index (κ1) is 13.4. The Kier molecular flexibility index (Phi) is 4.60. The zero-order valence-electron chi connectivity index (χ0n) is 10.1. The molecule has 0 aromatic heterocycles. The summed E-state index contributed by atoms with van der Waals surface area (Å²) in [5.74, 6) is 0.296. The van der Waals surface area contributed by atoms with Crippen LogP contribution in [0.15, 0.2) is 22.7 Å². The first-order chi connectivity index (χ1) is 8.66. The van der Waals surface area contributed by atoms with Crippen molar-refractivity contribution in [2.24, 2.45) is 5.92 Å². The SMILES string of the molecule is Nc1cc(Br)ccc1C(=O)NCC1CCCOC1. The van der Waals surface area contributed by atoms with Crippen molar-refractivity contribution in [2.75, 3.05) is 25.5 Å². The second-order valence-electron chi connectivity index (χ2n) is 4.52. The number of carbonyl (C=O) groups excluding carboxylic acids is 1. The van der Waals surface area contributed by atoms with E-state index in [1.165, 1.54) is 0 Å². The quantitative estimate of drug-likeness (QED) is 0.841. The Balaban J connectivity index is 1.90. The van der Waals surface area contributed by atoms with Crippen LogP contribution < -0.4 is 11.1 Å². The molecule has 1 fully saturated rings. The molecule has 1 aliphatic rings. The zero-order valence-corrected chi connectivity index (χ0v) is 11.7. The molecule has 0 bridgehead atoms. The van der Waals surface area contributed by atoms with E-state index in [1.54, 1.807) is 12.1 Å². The van der Waals surface area contributed by atoms with Gasteiger partial charge >= 0.3 is 0 Å². The maximum Gasteiger partial charge on any atom is 0.253 e. The van der Waals surface area contributed by atoms with Gasteiger partial charge in [-0.15, -0.1) is 0 Å². The molecule has 1 unspecified atom stereocenters. The van der Waals surface area contributed by atoms with E-state index in [0.717, 1.165) is 30.5 Å². The van der Waals surface area contributed by atoms with Crippen LogP contribution in [-0.4, -0.2) is 25.7 Å². The van der Waals surface area contributed by atoms with E-state index in [-0.39, 0.29) is 5.91 Å².